The number of benzene rings is 2. The van der Waals surface area contributed by atoms with Crippen molar-refractivity contribution >= 4 is 27.6 Å². The number of piperazine rings is 1. The van der Waals surface area contributed by atoms with Crippen molar-refractivity contribution in [1.29, 1.82) is 0 Å². The van der Waals surface area contributed by atoms with Crippen molar-refractivity contribution in [3.05, 3.63) is 78.1 Å². The monoisotopic (exact) mass is 449 g/mol. The molecular weight excluding hydrogens is 426 g/mol. The molecule has 0 aliphatic carbocycles. The molecule has 3 aromatic rings. The van der Waals surface area contributed by atoms with Gasteiger partial charge in [0, 0.05) is 50.7 Å². The van der Waals surface area contributed by atoms with Crippen molar-refractivity contribution in [2.24, 2.45) is 0 Å². The Hall–Kier alpha value is -3.46. The van der Waals surface area contributed by atoms with Crippen LogP contribution in [0.15, 0.2) is 71.9 Å². The highest BCUT2D eigenvalue weighted by atomic mass is 32.2. The van der Waals surface area contributed by atoms with Gasteiger partial charge >= 0.3 is 0 Å². The number of sulfonamides is 1. The van der Waals surface area contributed by atoms with Gasteiger partial charge in [-0.15, -0.1) is 0 Å². The summed E-state index contributed by atoms with van der Waals surface area (Å²) in [6, 6.07) is 15.6. The van der Waals surface area contributed by atoms with Gasteiger partial charge in [0.25, 0.3) is 15.9 Å². The fourth-order valence-electron chi connectivity index (χ4n) is 4.22. The van der Waals surface area contributed by atoms with E-state index in [-0.39, 0.29) is 10.8 Å². The molecule has 0 radical (unpaired) electrons. The number of anilines is 2. The zero-order valence-corrected chi connectivity index (χ0v) is 18.3. The summed E-state index contributed by atoms with van der Waals surface area (Å²) in [7, 11) is -3.75. The fourth-order valence-corrected chi connectivity index (χ4v) is 5.77. The lowest BCUT2D eigenvalue weighted by Gasteiger charge is -2.34. The number of hydrogen-bond acceptors (Lipinski definition) is 6. The number of carbonyl (C=O) groups is 1. The normalized spacial score (nSPS) is 16.2. The van der Waals surface area contributed by atoms with Gasteiger partial charge in [0.2, 0.25) is 5.95 Å². The summed E-state index contributed by atoms with van der Waals surface area (Å²) in [5.41, 5.74) is 2.11. The van der Waals surface area contributed by atoms with Gasteiger partial charge < -0.3 is 9.80 Å². The highest BCUT2D eigenvalue weighted by Gasteiger charge is 2.31. The predicted molar refractivity (Wildman–Crippen MR) is 121 cm³/mol. The third-order valence-corrected chi connectivity index (χ3v) is 7.72. The first-order chi connectivity index (χ1) is 15.5. The number of amides is 1. The van der Waals surface area contributed by atoms with E-state index in [9.17, 15) is 13.2 Å². The Kier molecular flexibility index (Phi) is 5.26. The van der Waals surface area contributed by atoms with E-state index < -0.39 is 10.0 Å². The molecule has 8 nitrogen and oxygen atoms in total. The van der Waals surface area contributed by atoms with Gasteiger partial charge in [-0.2, -0.15) is 0 Å². The molecule has 0 saturated carbocycles. The minimum Gasteiger partial charge on any atom is -0.337 e. The Morgan fingerprint density at radius 1 is 0.844 bits per heavy atom. The SMILES string of the molecule is O=C(c1cccc(S(=O)(=O)N2CCc3ccccc32)c1)N1CCN(c2ncccn2)CC1. The summed E-state index contributed by atoms with van der Waals surface area (Å²) in [5, 5.41) is 0. The van der Waals surface area contributed by atoms with Crippen molar-refractivity contribution in [3.8, 4) is 0 Å². The van der Waals surface area contributed by atoms with Gasteiger partial charge in [-0.1, -0.05) is 24.3 Å². The molecule has 5 rings (SSSR count). The lowest BCUT2D eigenvalue weighted by Crippen LogP contribution is -2.49. The third-order valence-electron chi connectivity index (χ3n) is 5.92. The molecule has 2 aliphatic rings. The van der Waals surface area contributed by atoms with Crippen molar-refractivity contribution in [2.45, 2.75) is 11.3 Å². The van der Waals surface area contributed by atoms with Crippen LogP contribution in [0.5, 0.6) is 0 Å². The number of hydrogen-bond donors (Lipinski definition) is 0. The molecule has 0 N–H and O–H groups in total. The highest BCUT2D eigenvalue weighted by molar-refractivity contribution is 7.92. The molecule has 32 heavy (non-hydrogen) atoms. The van der Waals surface area contributed by atoms with Crippen LogP contribution in [0.4, 0.5) is 11.6 Å². The summed E-state index contributed by atoms with van der Waals surface area (Å²) in [5.74, 6) is 0.482. The van der Waals surface area contributed by atoms with Crippen molar-refractivity contribution < 1.29 is 13.2 Å². The topological polar surface area (TPSA) is 86.7 Å². The van der Waals surface area contributed by atoms with Crippen LogP contribution in [0.2, 0.25) is 0 Å². The van der Waals surface area contributed by atoms with Gasteiger partial charge in [-0.25, -0.2) is 18.4 Å². The maximum absolute atomic E-state index is 13.3. The smallest absolute Gasteiger partial charge is 0.264 e. The average molecular weight is 450 g/mol. The molecule has 164 valence electrons. The molecule has 1 fully saturated rings. The highest BCUT2D eigenvalue weighted by Crippen LogP contribution is 2.32. The van der Waals surface area contributed by atoms with E-state index in [0.29, 0.717) is 56.3 Å². The van der Waals surface area contributed by atoms with Crippen LogP contribution in [-0.2, 0) is 16.4 Å². The van der Waals surface area contributed by atoms with Crippen molar-refractivity contribution in [3.63, 3.8) is 0 Å². The number of aromatic nitrogens is 2. The molecule has 0 unspecified atom stereocenters. The second kappa shape index (κ2) is 8.23. The summed E-state index contributed by atoms with van der Waals surface area (Å²) >= 11 is 0. The van der Waals surface area contributed by atoms with Crippen molar-refractivity contribution in [2.75, 3.05) is 41.9 Å². The van der Waals surface area contributed by atoms with Gasteiger partial charge in [0.05, 0.1) is 10.6 Å². The van der Waals surface area contributed by atoms with E-state index in [1.807, 2.05) is 29.2 Å². The Morgan fingerprint density at radius 2 is 1.59 bits per heavy atom. The molecule has 1 aromatic heterocycles. The van der Waals surface area contributed by atoms with Crippen molar-refractivity contribution in [1.82, 2.24) is 14.9 Å². The molecule has 2 aromatic carbocycles. The van der Waals surface area contributed by atoms with Crippen LogP contribution in [0, 0.1) is 0 Å². The molecule has 9 heteroatoms. The second-order valence-corrected chi connectivity index (χ2v) is 9.67. The number of rotatable bonds is 4. The molecule has 2 aliphatic heterocycles. The van der Waals surface area contributed by atoms with Crippen LogP contribution in [-0.4, -0.2) is 61.9 Å². The van der Waals surface area contributed by atoms with Crippen LogP contribution in [0.3, 0.4) is 0 Å². The Balaban J connectivity index is 1.33. The van der Waals surface area contributed by atoms with Gasteiger partial charge in [0.1, 0.15) is 0 Å². The van der Waals surface area contributed by atoms with Gasteiger partial charge in [-0.05, 0) is 42.3 Å². The Bertz CT molecular complexity index is 1240. The first kappa shape index (κ1) is 20.4. The third kappa shape index (κ3) is 3.69. The van der Waals surface area contributed by atoms with Crippen LogP contribution < -0.4 is 9.21 Å². The molecule has 3 heterocycles. The number of fused-ring (bicyclic) bond motifs is 1. The summed E-state index contributed by atoms with van der Waals surface area (Å²) in [6.45, 7) is 2.70. The number of nitrogens with zero attached hydrogens (tertiary/aromatic N) is 5. The largest absolute Gasteiger partial charge is 0.337 e. The first-order valence-electron chi connectivity index (χ1n) is 10.6. The average Bonchev–Trinajstić information content (AvgIpc) is 3.29. The van der Waals surface area contributed by atoms with E-state index in [4.69, 9.17) is 0 Å². The standard InChI is InChI=1S/C23H23N5O3S/c29-22(26-13-15-27(16-14-26)23-24-10-4-11-25-23)19-6-3-7-20(17-19)32(30,31)28-12-9-18-5-1-2-8-21(18)28/h1-8,10-11,17H,9,12-16H2. The Morgan fingerprint density at radius 3 is 2.38 bits per heavy atom. The maximum atomic E-state index is 13.3. The molecule has 0 bridgehead atoms. The molecule has 1 saturated heterocycles. The number of carbonyl (C=O) groups excluding carboxylic acids is 1. The molecule has 0 atom stereocenters. The predicted octanol–water partition coefficient (Wildman–Crippen LogP) is 2.19. The fraction of sp³-hybridized carbons (Fsp3) is 0.261. The van der Waals surface area contributed by atoms with E-state index >= 15 is 0 Å². The second-order valence-electron chi connectivity index (χ2n) is 7.81. The first-order valence-corrected chi connectivity index (χ1v) is 12.0. The minimum absolute atomic E-state index is 0.136. The van der Waals surface area contributed by atoms with Gasteiger partial charge in [-0.3, -0.25) is 9.10 Å². The van der Waals surface area contributed by atoms with Crippen LogP contribution in [0.1, 0.15) is 15.9 Å². The maximum Gasteiger partial charge on any atom is 0.264 e. The van der Waals surface area contributed by atoms with E-state index in [1.165, 1.54) is 10.4 Å². The molecular formula is C23H23N5O3S. The summed E-state index contributed by atoms with van der Waals surface area (Å²) in [6.07, 6.45) is 4.08. The van der Waals surface area contributed by atoms with Gasteiger partial charge in [0.15, 0.2) is 0 Å². The molecule has 0 spiro atoms. The van der Waals surface area contributed by atoms with E-state index in [2.05, 4.69) is 9.97 Å². The zero-order chi connectivity index (χ0) is 22.1. The summed E-state index contributed by atoms with van der Waals surface area (Å²) in [4.78, 5) is 25.6. The van der Waals surface area contributed by atoms with Crippen LogP contribution >= 0.6 is 0 Å². The lowest BCUT2D eigenvalue weighted by atomic mass is 10.2. The lowest BCUT2D eigenvalue weighted by molar-refractivity contribution is 0.0746. The van der Waals surface area contributed by atoms with E-state index in [0.717, 1.165) is 5.56 Å². The van der Waals surface area contributed by atoms with E-state index in [1.54, 1.807) is 41.6 Å². The Labute approximate surface area is 187 Å². The zero-order valence-electron chi connectivity index (χ0n) is 17.5. The van der Waals surface area contributed by atoms with Crippen LogP contribution in [0.25, 0.3) is 0 Å². The minimum atomic E-state index is -3.75. The number of para-hydroxylation sites is 1. The quantitative estimate of drug-likeness (QED) is 0.607. The summed E-state index contributed by atoms with van der Waals surface area (Å²) < 4.78 is 28.1. The molecule has 1 amide bonds.